The van der Waals surface area contributed by atoms with E-state index in [0.717, 1.165) is 27.9 Å². The van der Waals surface area contributed by atoms with Gasteiger partial charge in [0, 0.05) is 13.0 Å². The minimum Gasteiger partial charge on any atom is -0.369 e. The molecule has 0 radical (unpaired) electrons. The van der Waals surface area contributed by atoms with E-state index in [-0.39, 0.29) is 0 Å². The van der Waals surface area contributed by atoms with Crippen molar-refractivity contribution in [2.24, 2.45) is 0 Å². The zero-order valence-electron chi connectivity index (χ0n) is 13.1. The Morgan fingerprint density at radius 3 is 2.84 bits per heavy atom. The van der Waals surface area contributed by atoms with Gasteiger partial charge in [-0.2, -0.15) is 4.52 Å². The lowest BCUT2D eigenvalue weighted by molar-refractivity contribution is 0.137. The summed E-state index contributed by atoms with van der Waals surface area (Å²) in [6, 6.07) is 11.4. The van der Waals surface area contributed by atoms with Crippen molar-refractivity contribution in [3.63, 3.8) is 0 Å². The summed E-state index contributed by atoms with van der Waals surface area (Å²) in [6.07, 6.45) is -0.996. The normalized spacial score (nSPS) is 11.6. The van der Waals surface area contributed by atoms with E-state index in [9.17, 15) is 8.78 Å². The summed E-state index contributed by atoms with van der Waals surface area (Å²) in [7, 11) is 0. The molecule has 0 aliphatic carbocycles. The van der Waals surface area contributed by atoms with Gasteiger partial charge in [-0.3, -0.25) is 0 Å². The first kappa shape index (κ1) is 15.8. The van der Waals surface area contributed by atoms with E-state index in [4.69, 9.17) is 0 Å². The van der Waals surface area contributed by atoms with Crippen molar-refractivity contribution in [2.75, 3.05) is 11.9 Å². The third kappa shape index (κ3) is 3.27. The fourth-order valence-corrected chi connectivity index (χ4v) is 3.53. The lowest BCUT2D eigenvalue weighted by Gasteiger charge is -2.05. The highest BCUT2D eigenvalue weighted by Crippen LogP contribution is 2.22. The number of rotatable bonds is 6. The van der Waals surface area contributed by atoms with E-state index < -0.39 is 12.2 Å². The van der Waals surface area contributed by atoms with Crippen LogP contribution in [0.15, 0.2) is 36.4 Å². The minimum atomic E-state index is -2.71. The monoisotopic (exact) mass is 360 g/mol. The van der Waals surface area contributed by atoms with Crippen molar-refractivity contribution >= 4 is 33.0 Å². The van der Waals surface area contributed by atoms with Gasteiger partial charge in [-0.15, -0.1) is 26.6 Å². The summed E-state index contributed by atoms with van der Waals surface area (Å²) in [6.45, 7) is 0.667. The highest BCUT2D eigenvalue weighted by Gasteiger charge is 2.16. The molecule has 0 fully saturated rings. The summed E-state index contributed by atoms with van der Waals surface area (Å²) in [5, 5.41) is 15.5. The number of hydrogen-bond donors (Lipinski definition) is 1. The molecule has 128 valence electrons. The second-order valence-electron chi connectivity index (χ2n) is 5.45. The van der Waals surface area contributed by atoms with Gasteiger partial charge in [0.25, 0.3) is 6.43 Å². The first-order chi connectivity index (χ1) is 12.2. The fraction of sp³-hybridized carbons (Fsp3) is 0.250. The van der Waals surface area contributed by atoms with E-state index in [1.165, 1.54) is 4.70 Å². The molecule has 0 saturated carbocycles. The molecule has 3 heterocycles. The Labute approximate surface area is 145 Å². The van der Waals surface area contributed by atoms with Gasteiger partial charge in [0.1, 0.15) is 5.82 Å². The maximum absolute atomic E-state index is 12.9. The highest BCUT2D eigenvalue weighted by atomic mass is 32.1. The number of aromatic nitrogens is 5. The van der Waals surface area contributed by atoms with Gasteiger partial charge in [-0.1, -0.05) is 12.1 Å². The minimum absolute atomic E-state index is 0.301. The molecule has 0 aliphatic rings. The zero-order chi connectivity index (χ0) is 17.2. The number of hydrogen-bond acceptors (Lipinski definition) is 6. The third-order valence-electron chi connectivity index (χ3n) is 3.69. The molecule has 3 aromatic heterocycles. The van der Waals surface area contributed by atoms with Gasteiger partial charge in [0.2, 0.25) is 5.82 Å². The molecular weight excluding hydrogens is 346 g/mol. The van der Waals surface area contributed by atoms with Gasteiger partial charge in [0.05, 0.1) is 15.2 Å². The van der Waals surface area contributed by atoms with Crippen molar-refractivity contribution in [3.05, 3.63) is 47.2 Å². The lowest BCUT2D eigenvalue weighted by Crippen LogP contribution is -2.08. The molecule has 0 unspecified atom stereocenters. The Morgan fingerprint density at radius 2 is 2.00 bits per heavy atom. The molecule has 4 rings (SSSR count). The number of thiazole rings is 1. The molecule has 0 atom stereocenters. The zero-order valence-corrected chi connectivity index (χ0v) is 13.9. The number of fused-ring (bicyclic) bond motifs is 2. The first-order valence-electron chi connectivity index (χ1n) is 7.79. The molecule has 0 amide bonds. The molecular formula is C16H14F2N6S. The standard InChI is InChI=1S/C16H14F2N6S/c17-15(18)16-22-21-13-8-7-12(23-24(13)16)19-9-3-6-14-20-10-4-1-2-5-11(10)25-14/h1-2,4-5,7-8,15H,3,6,9H2,(H,19,23). The largest absolute Gasteiger partial charge is 0.369 e. The molecule has 1 N–H and O–H groups in total. The van der Waals surface area contributed by atoms with Crippen LogP contribution in [-0.4, -0.2) is 31.3 Å². The van der Waals surface area contributed by atoms with Gasteiger partial charge < -0.3 is 5.32 Å². The van der Waals surface area contributed by atoms with Crippen LogP contribution >= 0.6 is 11.3 Å². The van der Waals surface area contributed by atoms with Crippen LogP contribution in [-0.2, 0) is 6.42 Å². The van der Waals surface area contributed by atoms with Gasteiger partial charge in [0.15, 0.2) is 5.65 Å². The number of anilines is 1. The maximum Gasteiger partial charge on any atom is 0.299 e. The van der Waals surface area contributed by atoms with Crippen molar-refractivity contribution < 1.29 is 8.78 Å². The molecule has 4 aromatic rings. The van der Waals surface area contributed by atoms with E-state index in [2.05, 4.69) is 31.7 Å². The Bertz CT molecular complexity index is 979. The van der Waals surface area contributed by atoms with Crippen LogP contribution < -0.4 is 5.32 Å². The second-order valence-corrected chi connectivity index (χ2v) is 6.57. The smallest absolute Gasteiger partial charge is 0.299 e. The molecule has 25 heavy (non-hydrogen) atoms. The Kier molecular flexibility index (Phi) is 4.22. The number of alkyl halides is 2. The van der Waals surface area contributed by atoms with Crippen LogP contribution in [0.2, 0.25) is 0 Å². The quantitative estimate of drug-likeness (QED) is 0.531. The number of nitrogens with zero attached hydrogens (tertiary/aromatic N) is 5. The predicted octanol–water partition coefficient (Wildman–Crippen LogP) is 3.72. The molecule has 0 saturated heterocycles. The average molecular weight is 360 g/mol. The maximum atomic E-state index is 12.9. The van der Waals surface area contributed by atoms with Crippen LogP contribution in [0.1, 0.15) is 23.7 Å². The average Bonchev–Trinajstić information content (AvgIpc) is 3.21. The van der Waals surface area contributed by atoms with E-state index in [0.29, 0.717) is 18.0 Å². The molecule has 1 aromatic carbocycles. The van der Waals surface area contributed by atoms with Crippen molar-refractivity contribution in [1.29, 1.82) is 0 Å². The topological polar surface area (TPSA) is 68.0 Å². The summed E-state index contributed by atoms with van der Waals surface area (Å²) < 4.78 is 28.0. The van der Waals surface area contributed by atoms with Gasteiger partial charge in [-0.25, -0.2) is 13.8 Å². The van der Waals surface area contributed by atoms with Crippen LogP contribution in [0.5, 0.6) is 0 Å². The van der Waals surface area contributed by atoms with Crippen LogP contribution in [0.3, 0.4) is 0 Å². The van der Waals surface area contributed by atoms with Crippen LogP contribution in [0.4, 0.5) is 14.6 Å². The van der Waals surface area contributed by atoms with E-state index in [1.54, 1.807) is 23.5 Å². The first-order valence-corrected chi connectivity index (χ1v) is 8.61. The van der Waals surface area contributed by atoms with Crippen molar-refractivity contribution in [3.8, 4) is 0 Å². The molecule has 0 bridgehead atoms. The number of nitrogens with one attached hydrogen (secondary N) is 1. The second kappa shape index (κ2) is 6.67. The summed E-state index contributed by atoms with van der Waals surface area (Å²) in [4.78, 5) is 4.59. The highest BCUT2D eigenvalue weighted by molar-refractivity contribution is 7.18. The number of para-hydroxylation sites is 1. The Morgan fingerprint density at radius 1 is 1.12 bits per heavy atom. The molecule has 0 aliphatic heterocycles. The van der Waals surface area contributed by atoms with Gasteiger partial charge >= 0.3 is 0 Å². The summed E-state index contributed by atoms with van der Waals surface area (Å²) in [5.41, 5.74) is 1.32. The Balaban J connectivity index is 1.38. The van der Waals surface area contributed by atoms with E-state index >= 15 is 0 Å². The predicted molar refractivity (Wildman–Crippen MR) is 92.2 cm³/mol. The molecule has 9 heteroatoms. The summed E-state index contributed by atoms with van der Waals surface area (Å²) >= 11 is 1.69. The number of halogens is 2. The lowest BCUT2D eigenvalue weighted by atomic mass is 10.3. The van der Waals surface area contributed by atoms with Crippen LogP contribution in [0, 0.1) is 0 Å². The van der Waals surface area contributed by atoms with E-state index in [1.807, 2.05) is 18.2 Å². The third-order valence-corrected chi connectivity index (χ3v) is 4.79. The van der Waals surface area contributed by atoms with Crippen LogP contribution in [0.25, 0.3) is 15.9 Å². The SMILES string of the molecule is FC(F)c1nnc2ccc(NCCCc3nc4ccccc4s3)nn12. The molecule has 0 spiro atoms. The van der Waals surface area contributed by atoms with Crippen molar-refractivity contribution in [2.45, 2.75) is 19.3 Å². The van der Waals surface area contributed by atoms with Crippen molar-refractivity contribution in [1.82, 2.24) is 24.8 Å². The summed E-state index contributed by atoms with van der Waals surface area (Å²) in [5.74, 6) is 0.0617. The van der Waals surface area contributed by atoms with Gasteiger partial charge in [-0.05, 0) is 30.7 Å². The Hall–Kier alpha value is -2.68. The fourth-order valence-electron chi connectivity index (χ4n) is 2.52. The number of aryl methyl sites for hydroxylation is 1. The number of benzene rings is 1. The molecule has 6 nitrogen and oxygen atoms in total.